The van der Waals surface area contributed by atoms with Gasteiger partial charge < -0.3 is 12.4 Å². The average molecular weight is 218 g/mol. The summed E-state index contributed by atoms with van der Waals surface area (Å²) in [4.78, 5) is 0. The fourth-order valence-electron chi connectivity index (χ4n) is 1.52. The molecule has 1 heterocycles. The predicted octanol–water partition coefficient (Wildman–Crippen LogP) is -2.72. The SMILES string of the molecule is Bc1cccc[n+]1Cc1ccccc1.[Cl-]. The Kier molecular flexibility index (Phi) is 4.38. The van der Waals surface area contributed by atoms with Gasteiger partial charge in [-0.2, -0.15) is 0 Å². The number of pyridine rings is 1. The second kappa shape index (κ2) is 5.57. The third-order valence-corrected chi connectivity index (χ3v) is 2.36. The molecule has 1 aromatic heterocycles. The van der Waals surface area contributed by atoms with Crippen molar-refractivity contribution in [3.63, 3.8) is 0 Å². The quantitative estimate of drug-likeness (QED) is 0.380. The lowest BCUT2D eigenvalue weighted by Crippen LogP contribution is -3.00. The summed E-state index contributed by atoms with van der Waals surface area (Å²) in [6, 6.07) is 16.8. The molecule has 0 unspecified atom stereocenters. The van der Waals surface area contributed by atoms with Crippen LogP contribution in [0.3, 0.4) is 0 Å². The van der Waals surface area contributed by atoms with E-state index in [2.05, 4.69) is 61.1 Å². The molecule has 76 valence electrons. The van der Waals surface area contributed by atoms with Crippen LogP contribution in [-0.4, -0.2) is 7.85 Å². The average Bonchev–Trinajstić information content (AvgIpc) is 2.23. The summed E-state index contributed by atoms with van der Waals surface area (Å²) >= 11 is 0. The van der Waals surface area contributed by atoms with Crippen LogP contribution in [0.1, 0.15) is 5.56 Å². The van der Waals surface area contributed by atoms with Crippen LogP contribution >= 0.6 is 0 Å². The van der Waals surface area contributed by atoms with E-state index in [1.807, 2.05) is 6.07 Å². The zero-order valence-electron chi connectivity index (χ0n) is 8.73. The Labute approximate surface area is 97.6 Å². The number of nitrogens with zero attached hydrogens (tertiary/aromatic N) is 1. The molecular weight excluding hydrogens is 204 g/mol. The van der Waals surface area contributed by atoms with E-state index in [-0.39, 0.29) is 12.4 Å². The van der Waals surface area contributed by atoms with Crippen LogP contribution in [-0.2, 0) is 6.54 Å². The summed E-state index contributed by atoms with van der Waals surface area (Å²) < 4.78 is 2.25. The van der Waals surface area contributed by atoms with Crippen LogP contribution in [0.4, 0.5) is 0 Å². The van der Waals surface area contributed by atoms with Gasteiger partial charge in [-0.3, -0.25) is 0 Å². The molecule has 0 atom stereocenters. The van der Waals surface area contributed by atoms with Gasteiger partial charge in [-0.25, -0.2) is 4.57 Å². The van der Waals surface area contributed by atoms with Crippen LogP contribution in [0.15, 0.2) is 54.7 Å². The van der Waals surface area contributed by atoms with E-state index in [1.165, 1.54) is 11.2 Å². The van der Waals surface area contributed by atoms with Crippen molar-refractivity contribution < 1.29 is 17.0 Å². The molecule has 0 aliphatic heterocycles. The molecule has 0 radical (unpaired) electrons. The highest BCUT2D eigenvalue weighted by atomic mass is 35.5. The van der Waals surface area contributed by atoms with Gasteiger partial charge in [0.25, 0.3) is 0 Å². The van der Waals surface area contributed by atoms with Crippen LogP contribution in [0.5, 0.6) is 0 Å². The summed E-state index contributed by atoms with van der Waals surface area (Å²) in [5.41, 5.74) is 2.63. The Morgan fingerprint density at radius 2 is 1.60 bits per heavy atom. The minimum Gasteiger partial charge on any atom is -1.00 e. The normalized spacial score (nSPS) is 9.33. The predicted molar refractivity (Wildman–Crippen MR) is 60.4 cm³/mol. The standard InChI is InChI=1S/C12H13BN.ClH/c13-12-8-4-5-9-14(12)10-11-6-2-1-3-7-11;/h1-9H,10,13H2;1H/q+1;/p-1. The molecule has 0 bridgehead atoms. The zero-order valence-corrected chi connectivity index (χ0v) is 9.48. The minimum absolute atomic E-state index is 0. The molecule has 0 fully saturated rings. The highest BCUT2D eigenvalue weighted by Gasteiger charge is 2.03. The van der Waals surface area contributed by atoms with Crippen molar-refractivity contribution in [1.82, 2.24) is 0 Å². The number of hydrogen-bond donors (Lipinski definition) is 0. The smallest absolute Gasteiger partial charge is 0.224 e. The number of aromatic nitrogens is 1. The highest BCUT2D eigenvalue weighted by Crippen LogP contribution is 1.96. The van der Waals surface area contributed by atoms with Crippen molar-refractivity contribution in [2.75, 3.05) is 0 Å². The fourth-order valence-corrected chi connectivity index (χ4v) is 1.52. The lowest BCUT2D eigenvalue weighted by Gasteiger charge is -1.99. The lowest BCUT2D eigenvalue weighted by atomic mass is 10.0. The maximum Gasteiger partial charge on any atom is 0.224 e. The van der Waals surface area contributed by atoms with Crippen LogP contribution < -0.4 is 22.6 Å². The van der Waals surface area contributed by atoms with E-state index in [0.29, 0.717) is 0 Å². The molecule has 0 amide bonds. The number of rotatable bonds is 2. The lowest BCUT2D eigenvalue weighted by molar-refractivity contribution is -0.671. The van der Waals surface area contributed by atoms with Gasteiger partial charge >= 0.3 is 0 Å². The van der Waals surface area contributed by atoms with Crippen molar-refractivity contribution in [2.24, 2.45) is 0 Å². The number of benzene rings is 1. The molecule has 0 spiro atoms. The molecule has 0 saturated heterocycles. The topological polar surface area (TPSA) is 3.88 Å². The van der Waals surface area contributed by atoms with E-state index in [0.717, 1.165) is 6.54 Å². The summed E-state index contributed by atoms with van der Waals surface area (Å²) in [5, 5.41) is 0. The molecule has 1 nitrogen and oxygen atoms in total. The minimum atomic E-state index is 0. The number of halogens is 1. The molecule has 0 saturated carbocycles. The zero-order chi connectivity index (χ0) is 9.80. The van der Waals surface area contributed by atoms with Gasteiger partial charge in [0.2, 0.25) is 7.85 Å². The Balaban J connectivity index is 0.00000112. The molecule has 1 aromatic carbocycles. The maximum absolute atomic E-state index is 2.25. The van der Waals surface area contributed by atoms with Gasteiger partial charge in [0.05, 0.1) is 0 Å². The van der Waals surface area contributed by atoms with Gasteiger partial charge in [-0.05, 0) is 6.07 Å². The van der Waals surface area contributed by atoms with Crippen LogP contribution in [0.2, 0.25) is 0 Å². The Bertz CT molecular complexity index is 417. The van der Waals surface area contributed by atoms with E-state index in [4.69, 9.17) is 0 Å². The van der Waals surface area contributed by atoms with Gasteiger partial charge in [-0.15, -0.1) is 0 Å². The molecule has 0 aliphatic rings. The van der Waals surface area contributed by atoms with Gasteiger partial charge in [0.1, 0.15) is 5.59 Å². The highest BCUT2D eigenvalue weighted by molar-refractivity contribution is 6.29. The van der Waals surface area contributed by atoms with Crippen molar-refractivity contribution in [1.29, 1.82) is 0 Å². The molecule has 2 aromatic rings. The van der Waals surface area contributed by atoms with Gasteiger partial charge in [0.15, 0.2) is 12.7 Å². The Morgan fingerprint density at radius 1 is 0.933 bits per heavy atom. The molecule has 0 N–H and O–H groups in total. The Morgan fingerprint density at radius 3 is 2.27 bits per heavy atom. The summed E-state index contributed by atoms with van der Waals surface area (Å²) in [7, 11) is 2.13. The van der Waals surface area contributed by atoms with E-state index in [1.54, 1.807) is 0 Å². The first-order chi connectivity index (χ1) is 6.86. The van der Waals surface area contributed by atoms with E-state index < -0.39 is 0 Å². The van der Waals surface area contributed by atoms with E-state index >= 15 is 0 Å². The molecule has 15 heavy (non-hydrogen) atoms. The molecule has 2 rings (SSSR count). The van der Waals surface area contributed by atoms with Crippen molar-refractivity contribution in [2.45, 2.75) is 6.54 Å². The van der Waals surface area contributed by atoms with E-state index in [9.17, 15) is 0 Å². The second-order valence-electron chi connectivity index (χ2n) is 3.46. The van der Waals surface area contributed by atoms with Gasteiger partial charge in [-0.1, -0.05) is 36.4 Å². The third-order valence-electron chi connectivity index (χ3n) is 2.36. The maximum atomic E-state index is 2.25. The summed E-state index contributed by atoms with van der Waals surface area (Å²) in [5.74, 6) is 0. The van der Waals surface area contributed by atoms with Crippen molar-refractivity contribution >= 4 is 13.4 Å². The molecular formula is C12H13BClN. The third kappa shape index (κ3) is 3.10. The largest absolute Gasteiger partial charge is 1.00 e. The van der Waals surface area contributed by atoms with Crippen LogP contribution in [0.25, 0.3) is 0 Å². The van der Waals surface area contributed by atoms with Crippen LogP contribution in [0, 0.1) is 0 Å². The summed E-state index contributed by atoms with van der Waals surface area (Å²) in [6.45, 7) is 0.952. The summed E-state index contributed by atoms with van der Waals surface area (Å²) in [6.07, 6.45) is 2.11. The monoisotopic (exact) mass is 217 g/mol. The Hall–Kier alpha value is -1.28. The van der Waals surface area contributed by atoms with Crippen molar-refractivity contribution in [3.05, 3.63) is 60.3 Å². The van der Waals surface area contributed by atoms with Crippen molar-refractivity contribution in [3.8, 4) is 0 Å². The second-order valence-corrected chi connectivity index (χ2v) is 3.46. The first-order valence-corrected chi connectivity index (χ1v) is 4.85. The molecule has 3 heteroatoms. The van der Waals surface area contributed by atoms with Gasteiger partial charge in [0, 0.05) is 11.6 Å². The molecule has 0 aliphatic carbocycles. The fraction of sp³-hybridized carbons (Fsp3) is 0.0833. The first-order valence-electron chi connectivity index (χ1n) is 4.85. The first kappa shape index (κ1) is 11.8. The number of hydrogen-bond acceptors (Lipinski definition) is 0.